The Bertz CT molecular complexity index is 849. The molecular formula is C18H20ClN5O3. The molecule has 1 aromatic carbocycles. The number of aromatic nitrogens is 2. The first-order chi connectivity index (χ1) is 12.8. The highest BCUT2D eigenvalue weighted by atomic mass is 35.5. The van der Waals surface area contributed by atoms with E-state index in [1.807, 2.05) is 19.9 Å². The Morgan fingerprint density at radius 2 is 2.11 bits per heavy atom. The van der Waals surface area contributed by atoms with Crippen molar-refractivity contribution in [1.82, 2.24) is 9.97 Å². The van der Waals surface area contributed by atoms with Gasteiger partial charge in [-0.05, 0) is 32.0 Å². The summed E-state index contributed by atoms with van der Waals surface area (Å²) in [7, 11) is 1.63. The topological polar surface area (TPSA) is 114 Å². The van der Waals surface area contributed by atoms with Gasteiger partial charge in [0.05, 0.1) is 30.3 Å². The second-order valence-corrected chi connectivity index (χ2v) is 6.66. The zero-order chi connectivity index (χ0) is 20.0. The van der Waals surface area contributed by atoms with Crippen molar-refractivity contribution in [2.24, 2.45) is 5.73 Å². The first-order valence-corrected chi connectivity index (χ1v) is 8.44. The third-order valence-electron chi connectivity index (χ3n) is 3.88. The minimum Gasteiger partial charge on any atom is -0.491 e. The zero-order valence-corrected chi connectivity index (χ0v) is 16.0. The SMILES string of the molecule is COC(C)(C)CCOc1ccc(Cl)cc1N(C(N)=O)c1cnc(C#N)cn1. The van der Waals surface area contributed by atoms with E-state index in [1.54, 1.807) is 25.3 Å². The number of amides is 2. The van der Waals surface area contributed by atoms with Gasteiger partial charge in [0.1, 0.15) is 11.8 Å². The normalized spacial score (nSPS) is 10.9. The molecule has 9 heteroatoms. The summed E-state index contributed by atoms with van der Waals surface area (Å²) in [6.07, 6.45) is 3.15. The molecule has 142 valence electrons. The Morgan fingerprint density at radius 1 is 1.37 bits per heavy atom. The highest BCUT2D eigenvalue weighted by Gasteiger charge is 2.23. The molecule has 0 unspecified atom stereocenters. The number of ether oxygens (including phenoxy) is 2. The average Bonchev–Trinajstić information content (AvgIpc) is 2.64. The number of nitriles is 1. The molecule has 2 amide bonds. The number of halogens is 1. The number of anilines is 2. The number of benzene rings is 1. The molecule has 0 spiro atoms. The van der Waals surface area contributed by atoms with E-state index < -0.39 is 6.03 Å². The number of nitrogens with two attached hydrogens (primary N) is 1. The number of rotatable bonds is 7. The lowest BCUT2D eigenvalue weighted by atomic mass is 10.1. The van der Waals surface area contributed by atoms with Crippen LogP contribution in [-0.4, -0.2) is 35.3 Å². The van der Waals surface area contributed by atoms with Gasteiger partial charge >= 0.3 is 6.03 Å². The van der Waals surface area contributed by atoms with Crippen molar-refractivity contribution >= 4 is 29.1 Å². The van der Waals surface area contributed by atoms with Crippen molar-refractivity contribution in [2.75, 3.05) is 18.6 Å². The van der Waals surface area contributed by atoms with Crippen molar-refractivity contribution < 1.29 is 14.3 Å². The fourth-order valence-electron chi connectivity index (χ4n) is 2.15. The summed E-state index contributed by atoms with van der Waals surface area (Å²) in [5.41, 5.74) is 5.63. The number of carbonyl (C=O) groups is 1. The van der Waals surface area contributed by atoms with Crippen LogP contribution in [0.1, 0.15) is 26.0 Å². The fraction of sp³-hybridized carbons (Fsp3) is 0.333. The summed E-state index contributed by atoms with van der Waals surface area (Å²) < 4.78 is 11.2. The highest BCUT2D eigenvalue weighted by Crippen LogP contribution is 2.35. The minimum absolute atomic E-state index is 0.118. The van der Waals surface area contributed by atoms with Crippen LogP contribution >= 0.6 is 11.6 Å². The number of urea groups is 1. The van der Waals surface area contributed by atoms with Gasteiger partial charge in [-0.15, -0.1) is 0 Å². The lowest BCUT2D eigenvalue weighted by Gasteiger charge is -2.25. The first-order valence-electron chi connectivity index (χ1n) is 8.06. The van der Waals surface area contributed by atoms with Gasteiger partial charge in [0.2, 0.25) is 0 Å². The minimum atomic E-state index is -0.793. The number of nitrogens with zero attached hydrogens (tertiary/aromatic N) is 4. The molecule has 8 nitrogen and oxygen atoms in total. The molecule has 0 atom stereocenters. The van der Waals surface area contributed by atoms with Crippen molar-refractivity contribution in [3.8, 4) is 11.8 Å². The third kappa shape index (κ3) is 5.29. The standard InChI is InChI=1S/C18H20ClN5O3/c1-18(2,26-3)6-7-27-15-5-4-12(19)8-14(15)24(17(21)25)16-11-22-13(9-20)10-23-16/h4-5,8,10-11H,6-7H2,1-3H3,(H2,21,25). The third-order valence-corrected chi connectivity index (χ3v) is 4.11. The molecule has 0 saturated heterocycles. The smallest absolute Gasteiger partial charge is 0.325 e. The quantitative estimate of drug-likeness (QED) is 0.775. The second kappa shape index (κ2) is 8.66. The van der Waals surface area contributed by atoms with E-state index in [9.17, 15) is 4.79 Å². The molecule has 0 fully saturated rings. The molecule has 0 saturated carbocycles. The molecular weight excluding hydrogens is 370 g/mol. The summed E-state index contributed by atoms with van der Waals surface area (Å²) >= 11 is 6.10. The Labute approximate surface area is 162 Å². The van der Waals surface area contributed by atoms with Gasteiger partial charge in [0, 0.05) is 18.6 Å². The summed E-state index contributed by atoms with van der Waals surface area (Å²) in [5, 5.41) is 9.24. The van der Waals surface area contributed by atoms with E-state index >= 15 is 0 Å². The Balaban J connectivity index is 2.36. The molecule has 1 aromatic heterocycles. The van der Waals surface area contributed by atoms with Gasteiger partial charge in [-0.25, -0.2) is 19.7 Å². The van der Waals surface area contributed by atoms with Crippen molar-refractivity contribution in [1.29, 1.82) is 5.26 Å². The summed E-state index contributed by atoms with van der Waals surface area (Å²) in [6, 6.07) is 5.90. The van der Waals surface area contributed by atoms with Crippen LogP contribution in [0.2, 0.25) is 5.02 Å². The van der Waals surface area contributed by atoms with Crippen LogP contribution in [0.15, 0.2) is 30.6 Å². The van der Waals surface area contributed by atoms with E-state index in [1.165, 1.54) is 12.4 Å². The van der Waals surface area contributed by atoms with E-state index in [4.69, 9.17) is 32.1 Å². The van der Waals surface area contributed by atoms with Crippen LogP contribution in [0.3, 0.4) is 0 Å². The summed E-state index contributed by atoms with van der Waals surface area (Å²) in [6.45, 7) is 4.24. The number of primary amides is 1. The maximum atomic E-state index is 12.1. The van der Waals surface area contributed by atoms with Crippen molar-refractivity contribution in [3.63, 3.8) is 0 Å². The zero-order valence-electron chi connectivity index (χ0n) is 15.3. The molecule has 0 radical (unpaired) electrons. The number of methoxy groups -OCH3 is 1. The fourth-order valence-corrected chi connectivity index (χ4v) is 2.31. The Hall–Kier alpha value is -2.89. The molecule has 2 aromatic rings. The number of hydrogen-bond donors (Lipinski definition) is 1. The van der Waals surface area contributed by atoms with Gasteiger partial charge in [-0.2, -0.15) is 5.26 Å². The monoisotopic (exact) mass is 389 g/mol. The largest absolute Gasteiger partial charge is 0.491 e. The molecule has 2 rings (SSSR count). The van der Waals surface area contributed by atoms with E-state index in [0.717, 1.165) is 4.90 Å². The molecule has 0 aliphatic rings. The highest BCUT2D eigenvalue weighted by molar-refractivity contribution is 6.31. The lowest BCUT2D eigenvalue weighted by molar-refractivity contribution is 0.00549. The molecule has 1 heterocycles. The second-order valence-electron chi connectivity index (χ2n) is 6.22. The van der Waals surface area contributed by atoms with E-state index in [0.29, 0.717) is 29.5 Å². The predicted octanol–water partition coefficient (Wildman–Crippen LogP) is 3.41. The van der Waals surface area contributed by atoms with Crippen LogP contribution in [-0.2, 0) is 4.74 Å². The van der Waals surface area contributed by atoms with Gasteiger partial charge in [-0.1, -0.05) is 11.6 Å². The average molecular weight is 390 g/mol. The van der Waals surface area contributed by atoms with Gasteiger partial charge < -0.3 is 15.2 Å². The lowest BCUT2D eigenvalue weighted by Crippen LogP contribution is -2.32. The van der Waals surface area contributed by atoms with E-state index in [2.05, 4.69) is 9.97 Å². The van der Waals surface area contributed by atoms with Crippen molar-refractivity contribution in [2.45, 2.75) is 25.9 Å². The Kier molecular flexibility index (Phi) is 6.55. The number of carbonyl (C=O) groups excluding carboxylic acids is 1. The summed E-state index contributed by atoms with van der Waals surface area (Å²) in [5.74, 6) is 0.544. The van der Waals surface area contributed by atoms with Crippen LogP contribution in [0.5, 0.6) is 5.75 Å². The van der Waals surface area contributed by atoms with Crippen molar-refractivity contribution in [3.05, 3.63) is 41.3 Å². The van der Waals surface area contributed by atoms with Crippen LogP contribution in [0.4, 0.5) is 16.3 Å². The molecule has 0 bridgehead atoms. The predicted molar refractivity (Wildman–Crippen MR) is 101 cm³/mol. The Morgan fingerprint density at radius 3 is 2.67 bits per heavy atom. The maximum absolute atomic E-state index is 12.1. The number of hydrogen-bond acceptors (Lipinski definition) is 6. The molecule has 27 heavy (non-hydrogen) atoms. The molecule has 0 aliphatic carbocycles. The molecule has 2 N–H and O–H groups in total. The van der Waals surface area contributed by atoms with Gasteiger partial charge in [0.25, 0.3) is 0 Å². The van der Waals surface area contributed by atoms with E-state index in [-0.39, 0.29) is 17.1 Å². The summed E-state index contributed by atoms with van der Waals surface area (Å²) in [4.78, 5) is 21.2. The van der Waals surface area contributed by atoms with Crippen LogP contribution < -0.4 is 15.4 Å². The van der Waals surface area contributed by atoms with Gasteiger partial charge in [-0.3, -0.25) is 0 Å². The maximum Gasteiger partial charge on any atom is 0.325 e. The van der Waals surface area contributed by atoms with Gasteiger partial charge in [0.15, 0.2) is 11.5 Å². The van der Waals surface area contributed by atoms with Crippen LogP contribution in [0.25, 0.3) is 0 Å². The van der Waals surface area contributed by atoms with Crippen LogP contribution in [0, 0.1) is 11.3 Å². The molecule has 0 aliphatic heterocycles. The first kappa shape index (κ1) is 20.4.